The van der Waals surface area contributed by atoms with Crippen LogP contribution < -0.4 is 0 Å². The van der Waals surface area contributed by atoms with Gasteiger partial charge < -0.3 is 4.79 Å². The van der Waals surface area contributed by atoms with Crippen molar-refractivity contribution in [3.63, 3.8) is 0 Å². The van der Waals surface area contributed by atoms with Crippen LogP contribution in [0.15, 0.2) is 18.2 Å². The van der Waals surface area contributed by atoms with Crippen molar-refractivity contribution in [3.05, 3.63) is 34.6 Å². The van der Waals surface area contributed by atoms with Crippen LogP contribution in [0.1, 0.15) is 10.4 Å². The standard InChI is InChI=1S/C8H5BrClFO/c9-7(4-12)6-3-5(11)1-2-8(6)10/h1-4,7H. The summed E-state index contributed by atoms with van der Waals surface area (Å²) in [4.78, 5) is 9.80. The van der Waals surface area contributed by atoms with Gasteiger partial charge in [0.05, 0.1) is 4.83 Å². The Morgan fingerprint density at radius 2 is 2.25 bits per heavy atom. The molecule has 0 aliphatic rings. The SMILES string of the molecule is O=CC(Br)c1cc(F)ccc1Cl. The zero-order valence-corrected chi connectivity index (χ0v) is 8.27. The Labute approximate surface area is 82.7 Å². The van der Waals surface area contributed by atoms with Crippen LogP contribution in [0.4, 0.5) is 4.39 Å². The van der Waals surface area contributed by atoms with Crippen LogP contribution in [0.3, 0.4) is 0 Å². The van der Waals surface area contributed by atoms with E-state index in [0.717, 1.165) is 0 Å². The highest BCUT2D eigenvalue weighted by Crippen LogP contribution is 2.28. The minimum Gasteiger partial charge on any atom is -0.302 e. The molecule has 64 valence electrons. The Hall–Kier alpha value is -0.410. The zero-order chi connectivity index (χ0) is 9.14. The summed E-state index contributed by atoms with van der Waals surface area (Å²) in [6.45, 7) is 0. The molecule has 1 rings (SSSR count). The van der Waals surface area contributed by atoms with Crippen molar-refractivity contribution >= 4 is 33.8 Å². The second-order valence-electron chi connectivity index (χ2n) is 2.20. The largest absolute Gasteiger partial charge is 0.302 e. The highest BCUT2D eigenvalue weighted by atomic mass is 79.9. The topological polar surface area (TPSA) is 17.1 Å². The first-order chi connectivity index (χ1) is 5.65. The number of hydrogen-bond donors (Lipinski definition) is 0. The van der Waals surface area contributed by atoms with Gasteiger partial charge in [-0.05, 0) is 23.8 Å². The zero-order valence-electron chi connectivity index (χ0n) is 5.93. The number of carbonyl (C=O) groups is 1. The lowest BCUT2D eigenvalue weighted by Gasteiger charge is -2.04. The van der Waals surface area contributed by atoms with Crippen molar-refractivity contribution in [2.75, 3.05) is 0 Å². The molecule has 0 spiro atoms. The average molecular weight is 251 g/mol. The molecule has 0 aromatic heterocycles. The molecule has 0 aliphatic carbocycles. The maximum Gasteiger partial charge on any atom is 0.138 e. The minimum atomic E-state index is -0.541. The minimum absolute atomic E-state index is 0.380. The Morgan fingerprint density at radius 1 is 1.58 bits per heavy atom. The lowest BCUT2D eigenvalue weighted by molar-refractivity contribution is -0.107. The fraction of sp³-hybridized carbons (Fsp3) is 0.125. The summed E-state index contributed by atoms with van der Waals surface area (Å²) in [5.74, 6) is -0.402. The van der Waals surface area contributed by atoms with Gasteiger partial charge in [0.15, 0.2) is 0 Å². The Morgan fingerprint density at radius 3 is 2.83 bits per heavy atom. The first-order valence-electron chi connectivity index (χ1n) is 3.19. The van der Waals surface area contributed by atoms with Crippen LogP contribution in [0.2, 0.25) is 5.02 Å². The van der Waals surface area contributed by atoms with Gasteiger partial charge >= 0.3 is 0 Å². The van der Waals surface area contributed by atoms with Crippen LogP contribution in [0.25, 0.3) is 0 Å². The van der Waals surface area contributed by atoms with E-state index in [1.165, 1.54) is 18.2 Å². The third kappa shape index (κ3) is 2.05. The van der Waals surface area contributed by atoms with Crippen molar-refractivity contribution in [3.8, 4) is 0 Å². The third-order valence-electron chi connectivity index (χ3n) is 1.37. The van der Waals surface area contributed by atoms with Gasteiger partial charge in [-0.3, -0.25) is 0 Å². The maximum atomic E-state index is 12.6. The molecule has 0 aliphatic heterocycles. The molecule has 1 aromatic rings. The molecule has 0 saturated carbocycles. The molecule has 4 heteroatoms. The quantitative estimate of drug-likeness (QED) is 0.583. The molecule has 0 bridgehead atoms. The molecule has 0 heterocycles. The van der Waals surface area contributed by atoms with Crippen molar-refractivity contribution in [1.82, 2.24) is 0 Å². The average Bonchev–Trinajstić information content (AvgIpc) is 2.08. The molecular formula is C8H5BrClFO. The molecule has 1 nitrogen and oxygen atoms in total. The summed E-state index contributed by atoms with van der Waals surface area (Å²) in [5, 5.41) is 0.380. The smallest absolute Gasteiger partial charge is 0.138 e. The van der Waals surface area contributed by atoms with Gasteiger partial charge in [-0.25, -0.2) is 4.39 Å². The molecule has 1 unspecified atom stereocenters. The number of benzene rings is 1. The fourth-order valence-electron chi connectivity index (χ4n) is 0.799. The summed E-state index contributed by atoms with van der Waals surface area (Å²) in [6, 6.07) is 3.90. The molecule has 0 saturated heterocycles. The molecule has 12 heavy (non-hydrogen) atoms. The molecule has 1 aromatic carbocycles. The third-order valence-corrected chi connectivity index (χ3v) is 2.43. The molecule has 0 radical (unpaired) electrons. The van der Waals surface area contributed by atoms with Crippen LogP contribution in [-0.4, -0.2) is 6.29 Å². The fourth-order valence-corrected chi connectivity index (χ4v) is 1.54. The summed E-state index contributed by atoms with van der Waals surface area (Å²) in [7, 11) is 0. The summed E-state index contributed by atoms with van der Waals surface area (Å²) >= 11 is 8.77. The van der Waals surface area contributed by atoms with E-state index in [-0.39, 0.29) is 0 Å². The van der Waals surface area contributed by atoms with Crippen molar-refractivity contribution in [2.24, 2.45) is 0 Å². The van der Waals surface area contributed by atoms with Gasteiger partial charge in [0.2, 0.25) is 0 Å². The lowest BCUT2D eigenvalue weighted by atomic mass is 10.1. The van der Waals surface area contributed by atoms with Gasteiger partial charge in [-0.2, -0.15) is 0 Å². The van der Waals surface area contributed by atoms with E-state index in [1.807, 2.05) is 0 Å². The predicted molar refractivity (Wildman–Crippen MR) is 49.1 cm³/mol. The molecule has 0 amide bonds. The highest BCUT2D eigenvalue weighted by molar-refractivity contribution is 9.09. The van der Waals surface area contributed by atoms with Crippen LogP contribution in [0, 0.1) is 5.82 Å². The Bertz CT molecular complexity index is 303. The number of aldehydes is 1. The van der Waals surface area contributed by atoms with E-state index in [4.69, 9.17) is 11.6 Å². The number of rotatable bonds is 2. The summed E-state index contributed by atoms with van der Waals surface area (Å²) in [5.41, 5.74) is 0.451. The van der Waals surface area contributed by atoms with Gasteiger partial charge in [-0.15, -0.1) is 0 Å². The summed E-state index contributed by atoms with van der Waals surface area (Å²) in [6.07, 6.45) is 0.653. The molecule has 1 atom stereocenters. The Kier molecular flexibility index (Phi) is 3.23. The van der Waals surface area contributed by atoms with Gasteiger partial charge in [-0.1, -0.05) is 27.5 Å². The van der Waals surface area contributed by atoms with E-state index >= 15 is 0 Å². The van der Waals surface area contributed by atoms with Crippen molar-refractivity contribution in [2.45, 2.75) is 4.83 Å². The van der Waals surface area contributed by atoms with E-state index < -0.39 is 10.6 Å². The highest BCUT2D eigenvalue weighted by Gasteiger charge is 2.10. The first kappa shape index (κ1) is 9.68. The first-order valence-corrected chi connectivity index (χ1v) is 4.49. The molecular weight excluding hydrogens is 246 g/mol. The maximum absolute atomic E-state index is 12.6. The van der Waals surface area contributed by atoms with Gasteiger partial charge in [0.1, 0.15) is 12.1 Å². The van der Waals surface area contributed by atoms with Crippen LogP contribution >= 0.6 is 27.5 Å². The monoisotopic (exact) mass is 250 g/mol. The second kappa shape index (κ2) is 4.01. The summed E-state index contributed by atoms with van der Waals surface area (Å²) < 4.78 is 12.6. The predicted octanol–water partition coefficient (Wildman–Crippen LogP) is 3.11. The van der Waals surface area contributed by atoms with Crippen molar-refractivity contribution in [1.29, 1.82) is 0 Å². The lowest BCUT2D eigenvalue weighted by Crippen LogP contribution is -1.92. The Balaban J connectivity index is 3.12. The number of hydrogen-bond acceptors (Lipinski definition) is 1. The second-order valence-corrected chi connectivity index (χ2v) is 3.60. The van der Waals surface area contributed by atoms with Crippen LogP contribution in [0.5, 0.6) is 0 Å². The molecule has 0 fully saturated rings. The normalized spacial score (nSPS) is 12.6. The number of carbonyl (C=O) groups excluding carboxylic acids is 1. The van der Waals surface area contributed by atoms with Gasteiger partial charge in [0, 0.05) is 5.02 Å². The van der Waals surface area contributed by atoms with E-state index in [9.17, 15) is 9.18 Å². The van der Waals surface area contributed by atoms with Crippen molar-refractivity contribution < 1.29 is 9.18 Å². The van der Waals surface area contributed by atoms with E-state index in [1.54, 1.807) is 0 Å². The van der Waals surface area contributed by atoms with Gasteiger partial charge in [0.25, 0.3) is 0 Å². The number of halogens is 3. The number of alkyl halides is 1. The molecule has 0 N–H and O–H groups in total. The van der Waals surface area contributed by atoms with E-state index in [2.05, 4.69) is 15.9 Å². The van der Waals surface area contributed by atoms with E-state index in [0.29, 0.717) is 16.9 Å². The van der Waals surface area contributed by atoms with Crippen LogP contribution in [-0.2, 0) is 4.79 Å².